The molecule has 1 aromatic heterocycles. The van der Waals surface area contributed by atoms with Gasteiger partial charge in [0, 0.05) is 23.7 Å². The molecule has 2 aliphatic rings. The van der Waals surface area contributed by atoms with Gasteiger partial charge in [0.15, 0.2) is 0 Å². The summed E-state index contributed by atoms with van der Waals surface area (Å²) in [5.41, 5.74) is 4.38. The van der Waals surface area contributed by atoms with Gasteiger partial charge in [-0.3, -0.25) is 4.68 Å². The second-order valence-corrected chi connectivity index (χ2v) is 10.0. The fourth-order valence-corrected chi connectivity index (χ4v) is 4.47. The molecule has 0 amide bonds. The zero-order chi connectivity index (χ0) is 23.2. The SMILES string of the molecule is C=C(O)C1=CN2C(=CC1=C)c1c3cccc(OCCCN(C)C)c3nn1CC2C(C)(C)C. The normalized spacial score (nSPS) is 18.4. The van der Waals surface area contributed by atoms with Crippen molar-refractivity contribution in [2.75, 3.05) is 27.2 Å². The molecule has 2 aliphatic heterocycles. The van der Waals surface area contributed by atoms with E-state index >= 15 is 0 Å². The number of allylic oxidation sites excluding steroid dienone is 2. The average Bonchev–Trinajstić information content (AvgIpc) is 3.08. The molecule has 170 valence electrons. The summed E-state index contributed by atoms with van der Waals surface area (Å²) in [4.78, 5) is 4.41. The Kier molecular flexibility index (Phi) is 5.67. The Bertz CT molecular complexity index is 1130. The lowest BCUT2D eigenvalue weighted by Crippen LogP contribution is -2.47. The summed E-state index contributed by atoms with van der Waals surface area (Å²) in [5.74, 6) is 0.854. The van der Waals surface area contributed by atoms with E-state index in [9.17, 15) is 5.11 Å². The highest BCUT2D eigenvalue weighted by Gasteiger charge is 2.40. The molecular formula is C26H34N4O2. The van der Waals surface area contributed by atoms with Crippen molar-refractivity contribution in [3.63, 3.8) is 0 Å². The summed E-state index contributed by atoms with van der Waals surface area (Å²) in [6, 6.07) is 6.28. The van der Waals surface area contributed by atoms with Crippen molar-refractivity contribution in [3.8, 4) is 5.75 Å². The molecule has 0 radical (unpaired) electrons. The molecule has 0 bridgehead atoms. The van der Waals surface area contributed by atoms with E-state index in [1.807, 2.05) is 24.4 Å². The van der Waals surface area contributed by atoms with Crippen molar-refractivity contribution >= 4 is 16.6 Å². The molecule has 0 saturated heterocycles. The topological polar surface area (TPSA) is 53.8 Å². The molecule has 2 aromatic rings. The smallest absolute Gasteiger partial charge is 0.147 e. The Morgan fingerprint density at radius 1 is 1.31 bits per heavy atom. The minimum atomic E-state index is -0.0164. The summed E-state index contributed by atoms with van der Waals surface area (Å²) in [5, 5.41) is 16.2. The monoisotopic (exact) mass is 434 g/mol. The van der Waals surface area contributed by atoms with Crippen LogP contribution in [0, 0.1) is 5.41 Å². The highest BCUT2D eigenvalue weighted by atomic mass is 16.5. The maximum atomic E-state index is 10.1. The number of ether oxygens (including phenoxy) is 1. The van der Waals surface area contributed by atoms with Gasteiger partial charge in [0.2, 0.25) is 0 Å². The van der Waals surface area contributed by atoms with Crippen LogP contribution >= 0.6 is 0 Å². The third kappa shape index (κ3) is 3.95. The highest BCUT2D eigenvalue weighted by molar-refractivity contribution is 5.95. The maximum Gasteiger partial charge on any atom is 0.147 e. The predicted molar refractivity (Wildman–Crippen MR) is 130 cm³/mol. The Hall–Kier alpha value is -2.99. The zero-order valence-corrected chi connectivity index (χ0v) is 19.9. The first-order chi connectivity index (χ1) is 15.1. The van der Waals surface area contributed by atoms with Gasteiger partial charge in [0.05, 0.1) is 30.6 Å². The Balaban J connectivity index is 1.79. The van der Waals surface area contributed by atoms with Gasteiger partial charge in [-0.05, 0) is 43.6 Å². The van der Waals surface area contributed by atoms with Crippen molar-refractivity contribution < 1.29 is 9.84 Å². The van der Waals surface area contributed by atoms with Crippen molar-refractivity contribution in [2.24, 2.45) is 5.41 Å². The van der Waals surface area contributed by atoms with E-state index in [0.717, 1.165) is 53.1 Å². The van der Waals surface area contributed by atoms with Crippen LogP contribution in [0.15, 0.2) is 60.5 Å². The van der Waals surface area contributed by atoms with Crippen molar-refractivity contribution in [1.82, 2.24) is 19.6 Å². The summed E-state index contributed by atoms with van der Waals surface area (Å²) in [6.45, 7) is 17.0. The molecule has 6 nitrogen and oxygen atoms in total. The molecule has 3 heterocycles. The number of hydrogen-bond acceptors (Lipinski definition) is 5. The number of fused-ring (bicyclic) bond motifs is 5. The lowest BCUT2D eigenvalue weighted by molar-refractivity contribution is 0.156. The predicted octanol–water partition coefficient (Wildman–Crippen LogP) is 4.96. The number of hydrogen-bond donors (Lipinski definition) is 1. The Labute approximate surface area is 190 Å². The van der Waals surface area contributed by atoms with E-state index in [1.54, 1.807) is 0 Å². The summed E-state index contributed by atoms with van der Waals surface area (Å²) in [7, 11) is 4.14. The van der Waals surface area contributed by atoms with Crippen LogP contribution in [-0.4, -0.2) is 58.0 Å². The number of nitrogens with zero attached hydrogens (tertiary/aromatic N) is 4. The van der Waals surface area contributed by atoms with Gasteiger partial charge in [0.1, 0.15) is 17.0 Å². The molecule has 4 rings (SSSR count). The van der Waals surface area contributed by atoms with Gasteiger partial charge < -0.3 is 19.6 Å². The summed E-state index contributed by atoms with van der Waals surface area (Å²) < 4.78 is 8.24. The first-order valence-electron chi connectivity index (χ1n) is 11.1. The molecule has 1 atom stereocenters. The summed E-state index contributed by atoms with van der Waals surface area (Å²) >= 11 is 0. The van der Waals surface area contributed by atoms with Crippen LogP contribution in [0.5, 0.6) is 5.75 Å². The third-order valence-electron chi connectivity index (χ3n) is 6.18. The standard InChI is InChI=1S/C26H34N4O2/c1-17-14-21-25-19-10-8-11-22(32-13-9-12-28(6)7)24(19)27-30(25)16-23(26(3,4)5)29(21)15-20(17)18(2)31/h8,10-11,14-15,23,31H,1-2,9,12-13,16H2,3-7H3. The third-order valence-corrected chi connectivity index (χ3v) is 6.18. The second kappa shape index (κ2) is 8.17. The van der Waals surface area contributed by atoms with Crippen LogP contribution in [0.25, 0.3) is 16.6 Å². The number of aliphatic hydroxyl groups excluding tert-OH is 1. The number of aliphatic hydroxyl groups is 1. The molecule has 0 fully saturated rings. The Morgan fingerprint density at radius 3 is 2.72 bits per heavy atom. The molecule has 6 heteroatoms. The van der Waals surface area contributed by atoms with Crippen LogP contribution in [0.3, 0.4) is 0 Å². The highest BCUT2D eigenvalue weighted by Crippen LogP contribution is 2.44. The fraction of sp³-hybridized carbons (Fsp3) is 0.423. The van der Waals surface area contributed by atoms with Crippen molar-refractivity contribution in [3.05, 3.63) is 66.2 Å². The number of rotatable bonds is 6. The molecule has 1 N–H and O–H groups in total. The van der Waals surface area contributed by atoms with Crippen LogP contribution < -0.4 is 4.74 Å². The molecule has 32 heavy (non-hydrogen) atoms. The molecule has 0 spiro atoms. The molecule has 0 saturated carbocycles. The summed E-state index contributed by atoms with van der Waals surface area (Å²) in [6.07, 6.45) is 4.98. The van der Waals surface area contributed by atoms with E-state index in [1.165, 1.54) is 0 Å². The van der Waals surface area contributed by atoms with Crippen LogP contribution in [0.1, 0.15) is 32.9 Å². The lowest BCUT2D eigenvalue weighted by atomic mass is 9.82. The number of aromatic nitrogens is 2. The van der Waals surface area contributed by atoms with Gasteiger partial charge in [-0.1, -0.05) is 46.1 Å². The molecular weight excluding hydrogens is 400 g/mol. The largest absolute Gasteiger partial charge is 0.508 e. The second-order valence-electron chi connectivity index (χ2n) is 10.0. The molecule has 0 aliphatic carbocycles. The van der Waals surface area contributed by atoms with E-state index in [0.29, 0.717) is 12.2 Å². The van der Waals surface area contributed by atoms with Gasteiger partial charge in [-0.25, -0.2) is 0 Å². The van der Waals surface area contributed by atoms with Crippen LogP contribution in [0.4, 0.5) is 0 Å². The van der Waals surface area contributed by atoms with Gasteiger partial charge >= 0.3 is 0 Å². The minimum Gasteiger partial charge on any atom is -0.508 e. The number of benzene rings is 1. The van der Waals surface area contributed by atoms with Crippen molar-refractivity contribution in [2.45, 2.75) is 39.8 Å². The van der Waals surface area contributed by atoms with E-state index < -0.39 is 0 Å². The molecule has 1 unspecified atom stereocenters. The van der Waals surface area contributed by atoms with E-state index in [2.05, 4.69) is 68.6 Å². The first-order valence-corrected chi connectivity index (χ1v) is 11.1. The fourth-order valence-electron chi connectivity index (χ4n) is 4.47. The van der Waals surface area contributed by atoms with Crippen molar-refractivity contribution in [1.29, 1.82) is 0 Å². The molecule has 1 aromatic carbocycles. The van der Waals surface area contributed by atoms with Gasteiger partial charge in [-0.2, -0.15) is 5.10 Å². The van der Waals surface area contributed by atoms with E-state index in [-0.39, 0.29) is 17.2 Å². The lowest BCUT2D eigenvalue weighted by Gasteiger charge is -2.46. The average molecular weight is 435 g/mol. The quantitative estimate of drug-likeness (QED) is 0.514. The van der Waals surface area contributed by atoms with Gasteiger partial charge in [-0.15, -0.1) is 0 Å². The van der Waals surface area contributed by atoms with Crippen LogP contribution in [-0.2, 0) is 6.54 Å². The Morgan fingerprint density at radius 2 is 2.06 bits per heavy atom. The van der Waals surface area contributed by atoms with Crippen LogP contribution in [0.2, 0.25) is 0 Å². The first kappa shape index (κ1) is 22.2. The zero-order valence-electron chi connectivity index (χ0n) is 19.9. The maximum absolute atomic E-state index is 10.1. The van der Waals surface area contributed by atoms with Gasteiger partial charge in [0.25, 0.3) is 0 Å². The minimum absolute atomic E-state index is 0.0164. The van der Waals surface area contributed by atoms with E-state index in [4.69, 9.17) is 9.84 Å².